The van der Waals surface area contributed by atoms with Crippen LogP contribution >= 0.6 is 0 Å². The number of ether oxygens (including phenoxy) is 1. The summed E-state index contributed by atoms with van der Waals surface area (Å²) in [5.41, 5.74) is 3.82. The van der Waals surface area contributed by atoms with Gasteiger partial charge in [0.25, 0.3) is 0 Å². The molecule has 0 spiro atoms. The van der Waals surface area contributed by atoms with Crippen molar-refractivity contribution in [3.63, 3.8) is 0 Å². The van der Waals surface area contributed by atoms with Crippen molar-refractivity contribution in [2.75, 3.05) is 26.3 Å². The van der Waals surface area contributed by atoms with Gasteiger partial charge in [0.05, 0.1) is 12.2 Å². The van der Waals surface area contributed by atoms with Crippen LogP contribution in [-0.2, 0) is 18.3 Å². The van der Waals surface area contributed by atoms with E-state index in [4.69, 9.17) is 9.73 Å². The standard InChI is InChI=1S/C20H37N5O/c1-6-21-19(22-14-18-16(3)24-25(5)17(18)4)23-15-20(10-8-9-11-20)12-13-26-7-2/h6-15H2,1-5H3,(H2,21,22,23). The molecule has 0 unspecified atom stereocenters. The molecule has 1 aliphatic rings. The maximum Gasteiger partial charge on any atom is 0.191 e. The van der Waals surface area contributed by atoms with Gasteiger partial charge >= 0.3 is 0 Å². The van der Waals surface area contributed by atoms with Crippen molar-refractivity contribution in [1.82, 2.24) is 20.4 Å². The number of guanidine groups is 1. The first-order valence-corrected chi connectivity index (χ1v) is 10.1. The lowest BCUT2D eigenvalue weighted by Crippen LogP contribution is -2.43. The summed E-state index contributed by atoms with van der Waals surface area (Å²) in [7, 11) is 1.99. The van der Waals surface area contributed by atoms with Crippen molar-refractivity contribution in [2.45, 2.75) is 66.3 Å². The monoisotopic (exact) mass is 363 g/mol. The van der Waals surface area contributed by atoms with E-state index in [2.05, 4.69) is 43.4 Å². The molecule has 1 aliphatic carbocycles. The lowest BCUT2D eigenvalue weighted by Gasteiger charge is -2.30. The maximum atomic E-state index is 5.63. The van der Waals surface area contributed by atoms with Crippen LogP contribution in [0.3, 0.4) is 0 Å². The van der Waals surface area contributed by atoms with E-state index < -0.39 is 0 Å². The van der Waals surface area contributed by atoms with Crippen molar-refractivity contribution in [2.24, 2.45) is 17.5 Å². The van der Waals surface area contributed by atoms with Gasteiger partial charge in [-0.05, 0) is 52.4 Å². The van der Waals surface area contributed by atoms with E-state index in [9.17, 15) is 0 Å². The van der Waals surface area contributed by atoms with Gasteiger partial charge in [0, 0.05) is 44.6 Å². The summed E-state index contributed by atoms with van der Waals surface area (Å²) >= 11 is 0. The average Bonchev–Trinajstić information content (AvgIpc) is 3.17. The topological polar surface area (TPSA) is 63.5 Å². The summed E-state index contributed by atoms with van der Waals surface area (Å²) in [6.45, 7) is 12.5. The molecule has 0 aliphatic heterocycles. The first-order valence-electron chi connectivity index (χ1n) is 10.1. The van der Waals surface area contributed by atoms with E-state index in [0.717, 1.165) is 44.4 Å². The van der Waals surface area contributed by atoms with Crippen LogP contribution in [0.15, 0.2) is 4.99 Å². The largest absolute Gasteiger partial charge is 0.382 e. The number of aliphatic imine (C=N–C) groups is 1. The Bertz CT molecular complexity index is 587. The Morgan fingerprint density at radius 1 is 1.23 bits per heavy atom. The second-order valence-electron chi connectivity index (χ2n) is 7.48. The molecule has 1 saturated carbocycles. The first-order chi connectivity index (χ1) is 12.5. The Labute approximate surface area is 158 Å². The Hall–Kier alpha value is -1.56. The smallest absolute Gasteiger partial charge is 0.191 e. The third kappa shape index (κ3) is 5.47. The summed E-state index contributed by atoms with van der Waals surface area (Å²) < 4.78 is 7.56. The van der Waals surface area contributed by atoms with Crippen LogP contribution in [0.1, 0.15) is 62.9 Å². The van der Waals surface area contributed by atoms with Gasteiger partial charge in [0.2, 0.25) is 0 Å². The van der Waals surface area contributed by atoms with Gasteiger partial charge < -0.3 is 15.4 Å². The van der Waals surface area contributed by atoms with Crippen LogP contribution in [0.4, 0.5) is 0 Å². The average molecular weight is 364 g/mol. The highest BCUT2D eigenvalue weighted by molar-refractivity contribution is 5.79. The molecule has 1 heterocycles. The highest BCUT2D eigenvalue weighted by Gasteiger charge is 2.33. The van der Waals surface area contributed by atoms with Gasteiger partial charge in [0.1, 0.15) is 0 Å². The molecule has 0 saturated heterocycles. The zero-order valence-electron chi connectivity index (χ0n) is 17.3. The molecule has 6 nitrogen and oxygen atoms in total. The second-order valence-corrected chi connectivity index (χ2v) is 7.48. The van der Waals surface area contributed by atoms with Crippen molar-refractivity contribution >= 4 is 5.96 Å². The van der Waals surface area contributed by atoms with Crippen LogP contribution < -0.4 is 10.6 Å². The quantitative estimate of drug-likeness (QED) is 0.402. The van der Waals surface area contributed by atoms with Crippen molar-refractivity contribution in [3.8, 4) is 0 Å². The molecule has 1 fully saturated rings. The molecule has 0 atom stereocenters. The fourth-order valence-corrected chi connectivity index (χ4v) is 3.89. The maximum absolute atomic E-state index is 5.63. The fourth-order valence-electron chi connectivity index (χ4n) is 3.89. The molecule has 2 rings (SSSR count). The molecule has 1 aromatic rings. The van der Waals surface area contributed by atoms with Gasteiger partial charge in [-0.2, -0.15) is 5.10 Å². The summed E-state index contributed by atoms with van der Waals surface area (Å²) in [4.78, 5) is 4.82. The zero-order chi connectivity index (χ0) is 19.0. The number of aryl methyl sites for hydroxylation is 2. The van der Waals surface area contributed by atoms with Crippen LogP contribution in [-0.4, -0.2) is 42.0 Å². The molecular formula is C20H37N5O. The minimum atomic E-state index is 0.353. The number of aromatic nitrogens is 2. The molecule has 148 valence electrons. The van der Waals surface area contributed by atoms with E-state index in [1.165, 1.54) is 36.9 Å². The summed E-state index contributed by atoms with van der Waals surface area (Å²) in [5, 5.41) is 11.5. The normalized spacial score (nSPS) is 16.9. The molecule has 6 heteroatoms. The highest BCUT2D eigenvalue weighted by atomic mass is 16.5. The van der Waals surface area contributed by atoms with Crippen LogP contribution in [0.25, 0.3) is 0 Å². The Kier molecular flexibility index (Phi) is 7.94. The van der Waals surface area contributed by atoms with E-state index >= 15 is 0 Å². The number of hydrogen-bond donors (Lipinski definition) is 2. The summed E-state index contributed by atoms with van der Waals surface area (Å²) in [5.74, 6) is 0.901. The van der Waals surface area contributed by atoms with Crippen LogP contribution in [0.5, 0.6) is 0 Å². The Morgan fingerprint density at radius 2 is 1.96 bits per heavy atom. The van der Waals surface area contributed by atoms with Crippen molar-refractivity contribution in [3.05, 3.63) is 17.0 Å². The molecule has 0 radical (unpaired) electrons. The molecule has 26 heavy (non-hydrogen) atoms. The predicted octanol–water partition coefficient (Wildman–Crippen LogP) is 3.08. The van der Waals surface area contributed by atoms with E-state index in [0.29, 0.717) is 12.0 Å². The molecule has 0 bridgehead atoms. The predicted molar refractivity (Wildman–Crippen MR) is 108 cm³/mol. The van der Waals surface area contributed by atoms with Gasteiger partial charge in [0.15, 0.2) is 5.96 Å². The van der Waals surface area contributed by atoms with E-state index in [1.54, 1.807) is 0 Å². The van der Waals surface area contributed by atoms with Crippen molar-refractivity contribution < 1.29 is 4.74 Å². The molecule has 0 aromatic carbocycles. The number of rotatable bonds is 9. The first kappa shape index (κ1) is 20.7. The lowest BCUT2D eigenvalue weighted by molar-refractivity contribution is 0.105. The van der Waals surface area contributed by atoms with Gasteiger partial charge in [-0.15, -0.1) is 0 Å². The third-order valence-corrected chi connectivity index (χ3v) is 5.67. The van der Waals surface area contributed by atoms with Crippen LogP contribution in [0.2, 0.25) is 0 Å². The van der Waals surface area contributed by atoms with Gasteiger partial charge in [-0.25, -0.2) is 4.99 Å². The minimum Gasteiger partial charge on any atom is -0.382 e. The SMILES string of the molecule is CCNC(=NCc1c(C)nn(C)c1C)NCC1(CCOCC)CCCC1. The third-order valence-electron chi connectivity index (χ3n) is 5.67. The number of nitrogens with zero attached hydrogens (tertiary/aromatic N) is 3. The highest BCUT2D eigenvalue weighted by Crippen LogP contribution is 2.40. The van der Waals surface area contributed by atoms with E-state index in [1.807, 2.05) is 11.7 Å². The van der Waals surface area contributed by atoms with Crippen LogP contribution in [0, 0.1) is 19.3 Å². The number of hydrogen-bond acceptors (Lipinski definition) is 3. The van der Waals surface area contributed by atoms with Gasteiger partial charge in [-0.1, -0.05) is 12.8 Å². The Balaban J connectivity index is 1.99. The van der Waals surface area contributed by atoms with E-state index in [-0.39, 0.29) is 0 Å². The second kappa shape index (κ2) is 9.95. The lowest BCUT2D eigenvalue weighted by atomic mass is 9.83. The van der Waals surface area contributed by atoms with Gasteiger partial charge in [-0.3, -0.25) is 4.68 Å². The minimum absolute atomic E-state index is 0.353. The molecule has 2 N–H and O–H groups in total. The number of nitrogens with one attached hydrogen (secondary N) is 2. The Morgan fingerprint density at radius 3 is 2.54 bits per heavy atom. The van der Waals surface area contributed by atoms with Crippen molar-refractivity contribution in [1.29, 1.82) is 0 Å². The fraction of sp³-hybridized carbons (Fsp3) is 0.800. The summed E-state index contributed by atoms with van der Waals surface area (Å²) in [6, 6.07) is 0. The summed E-state index contributed by atoms with van der Waals surface area (Å²) in [6.07, 6.45) is 6.36. The molecule has 0 amide bonds. The molecular weight excluding hydrogens is 326 g/mol. The molecule has 1 aromatic heterocycles. The zero-order valence-corrected chi connectivity index (χ0v) is 17.3.